The molecule has 2 rings (SSSR count). The SMILES string of the molecule is CCC(C)(NS(=O)(=O)N1CCc2ccccc2C1)C(=O)O. The molecule has 0 radical (unpaired) electrons. The lowest BCUT2D eigenvalue weighted by Crippen LogP contribution is -2.56. The fourth-order valence-corrected chi connectivity index (χ4v) is 3.86. The Morgan fingerprint density at radius 1 is 1.38 bits per heavy atom. The van der Waals surface area contributed by atoms with E-state index in [9.17, 15) is 18.3 Å². The summed E-state index contributed by atoms with van der Waals surface area (Å²) in [6.45, 7) is 3.64. The largest absolute Gasteiger partial charge is 0.480 e. The van der Waals surface area contributed by atoms with Crippen molar-refractivity contribution in [3.63, 3.8) is 0 Å². The number of fused-ring (bicyclic) bond motifs is 1. The van der Waals surface area contributed by atoms with Gasteiger partial charge in [0.1, 0.15) is 5.54 Å². The Labute approximate surface area is 125 Å². The molecule has 0 spiro atoms. The van der Waals surface area contributed by atoms with E-state index in [2.05, 4.69) is 4.72 Å². The van der Waals surface area contributed by atoms with Gasteiger partial charge in [-0.05, 0) is 30.9 Å². The van der Waals surface area contributed by atoms with E-state index in [0.717, 1.165) is 11.1 Å². The van der Waals surface area contributed by atoms with Crippen LogP contribution >= 0.6 is 0 Å². The first-order valence-corrected chi connectivity index (χ1v) is 8.32. The Morgan fingerprint density at radius 2 is 2.00 bits per heavy atom. The van der Waals surface area contributed by atoms with Crippen LogP contribution in [0, 0.1) is 0 Å². The van der Waals surface area contributed by atoms with Crippen LogP contribution in [-0.4, -0.2) is 35.9 Å². The maximum absolute atomic E-state index is 12.4. The smallest absolute Gasteiger partial charge is 0.324 e. The second kappa shape index (κ2) is 5.75. The lowest BCUT2D eigenvalue weighted by atomic mass is 10.0. The Morgan fingerprint density at radius 3 is 2.57 bits per heavy atom. The van der Waals surface area contributed by atoms with Crippen LogP contribution in [0.3, 0.4) is 0 Å². The first kappa shape index (κ1) is 15.9. The minimum Gasteiger partial charge on any atom is -0.480 e. The molecule has 0 aromatic heterocycles. The summed E-state index contributed by atoms with van der Waals surface area (Å²) in [6, 6.07) is 7.68. The summed E-state index contributed by atoms with van der Waals surface area (Å²) < 4.78 is 28.5. The number of hydrogen-bond donors (Lipinski definition) is 2. The number of carboxylic acids is 1. The average molecular weight is 312 g/mol. The Balaban J connectivity index is 2.20. The van der Waals surface area contributed by atoms with E-state index in [1.54, 1.807) is 6.92 Å². The number of aliphatic carboxylic acids is 1. The molecule has 1 aliphatic heterocycles. The normalized spacial score (nSPS) is 18.8. The third-order valence-corrected chi connectivity index (χ3v) is 5.67. The zero-order chi connectivity index (χ0) is 15.7. The molecule has 0 amide bonds. The number of hydrogen-bond acceptors (Lipinski definition) is 3. The summed E-state index contributed by atoms with van der Waals surface area (Å²) in [5.74, 6) is -1.18. The van der Waals surface area contributed by atoms with E-state index in [4.69, 9.17) is 0 Å². The number of nitrogens with one attached hydrogen (secondary N) is 1. The molecule has 116 valence electrons. The van der Waals surface area contributed by atoms with Crippen molar-refractivity contribution in [1.82, 2.24) is 9.03 Å². The average Bonchev–Trinajstić information content (AvgIpc) is 2.46. The van der Waals surface area contributed by atoms with Crippen LogP contribution < -0.4 is 4.72 Å². The van der Waals surface area contributed by atoms with Gasteiger partial charge in [0.25, 0.3) is 10.2 Å². The molecule has 0 aliphatic carbocycles. The summed E-state index contributed by atoms with van der Waals surface area (Å²) in [5.41, 5.74) is 0.610. The topological polar surface area (TPSA) is 86.7 Å². The van der Waals surface area contributed by atoms with Crippen LogP contribution in [0.2, 0.25) is 0 Å². The van der Waals surface area contributed by atoms with Gasteiger partial charge in [-0.3, -0.25) is 4.79 Å². The molecule has 1 unspecified atom stereocenters. The van der Waals surface area contributed by atoms with Crippen molar-refractivity contribution in [1.29, 1.82) is 0 Å². The highest BCUT2D eigenvalue weighted by Crippen LogP contribution is 2.22. The lowest BCUT2D eigenvalue weighted by Gasteiger charge is -2.32. The van der Waals surface area contributed by atoms with Crippen molar-refractivity contribution in [3.8, 4) is 0 Å². The van der Waals surface area contributed by atoms with Crippen molar-refractivity contribution in [2.45, 2.75) is 38.8 Å². The highest BCUT2D eigenvalue weighted by Gasteiger charge is 2.38. The molecule has 1 aromatic rings. The minimum atomic E-state index is -3.84. The van der Waals surface area contributed by atoms with Crippen molar-refractivity contribution in [2.75, 3.05) is 6.54 Å². The van der Waals surface area contributed by atoms with Crippen LogP contribution in [-0.2, 0) is 28.0 Å². The van der Waals surface area contributed by atoms with E-state index < -0.39 is 21.7 Å². The number of benzene rings is 1. The van der Waals surface area contributed by atoms with Gasteiger partial charge in [0.2, 0.25) is 0 Å². The standard InChI is InChI=1S/C14H20N2O4S/c1-3-14(2,13(17)18)15-21(19,20)16-9-8-11-6-4-5-7-12(11)10-16/h4-7,15H,3,8-10H2,1-2H3,(H,17,18). The van der Waals surface area contributed by atoms with E-state index in [0.29, 0.717) is 13.0 Å². The fourth-order valence-electron chi connectivity index (χ4n) is 2.29. The molecule has 0 fully saturated rings. The van der Waals surface area contributed by atoms with Crippen LogP contribution in [0.1, 0.15) is 31.4 Å². The molecule has 0 bridgehead atoms. The summed E-state index contributed by atoms with van der Waals surface area (Å²) in [4.78, 5) is 11.3. The van der Waals surface area contributed by atoms with E-state index >= 15 is 0 Å². The molecule has 1 aromatic carbocycles. The van der Waals surface area contributed by atoms with Gasteiger partial charge in [-0.15, -0.1) is 0 Å². The fraction of sp³-hybridized carbons (Fsp3) is 0.500. The predicted octanol–water partition coefficient (Wildman–Crippen LogP) is 1.13. The van der Waals surface area contributed by atoms with E-state index in [1.807, 2.05) is 24.3 Å². The molecule has 1 aliphatic rings. The summed E-state index contributed by atoms with van der Waals surface area (Å²) in [7, 11) is -3.84. The molecular formula is C14H20N2O4S. The van der Waals surface area contributed by atoms with Crippen molar-refractivity contribution in [3.05, 3.63) is 35.4 Å². The highest BCUT2D eigenvalue weighted by molar-refractivity contribution is 7.87. The van der Waals surface area contributed by atoms with Crippen LogP contribution in [0.15, 0.2) is 24.3 Å². The van der Waals surface area contributed by atoms with Gasteiger partial charge in [0.15, 0.2) is 0 Å². The van der Waals surface area contributed by atoms with Crippen LogP contribution in [0.4, 0.5) is 0 Å². The molecular weight excluding hydrogens is 292 g/mol. The van der Waals surface area contributed by atoms with Crippen LogP contribution in [0.5, 0.6) is 0 Å². The Hall–Kier alpha value is -1.44. The highest BCUT2D eigenvalue weighted by atomic mass is 32.2. The molecule has 0 saturated carbocycles. The third-order valence-electron chi connectivity index (χ3n) is 3.97. The summed E-state index contributed by atoms with van der Waals surface area (Å²) in [5, 5.41) is 9.21. The first-order valence-electron chi connectivity index (χ1n) is 6.88. The molecule has 2 N–H and O–H groups in total. The van der Waals surface area contributed by atoms with Crippen molar-refractivity contribution >= 4 is 16.2 Å². The van der Waals surface area contributed by atoms with E-state index in [1.165, 1.54) is 11.2 Å². The van der Waals surface area contributed by atoms with Gasteiger partial charge < -0.3 is 5.11 Å². The summed E-state index contributed by atoms with van der Waals surface area (Å²) >= 11 is 0. The monoisotopic (exact) mass is 312 g/mol. The Kier molecular flexibility index (Phi) is 4.36. The molecule has 0 saturated heterocycles. The van der Waals surface area contributed by atoms with Gasteiger partial charge in [-0.25, -0.2) is 0 Å². The second-order valence-electron chi connectivity index (χ2n) is 5.45. The number of nitrogens with zero attached hydrogens (tertiary/aromatic N) is 1. The second-order valence-corrected chi connectivity index (χ2v) is 7.12. The molecule has 7 heteroatoms. The Bertz CT molecular complexity index is 644. The molecule has 21 heavy (non-hydrogen) atoms. The predicted molar refractivity (Wildman–Crippen MR) is 78.9 cm³/mol. The maximum atomic E-state index is 12.4. The summed E-state index contributed by atoms with van der Waals surface area (Å²) in [6.07, 6.45) is 0.805. The zero-order valence-corrected chi connectivity index (χ0v) is 13.0. The first-order chi connectivity index (χ1) is 9.78. The maximum Gasteiger partial charge on any atom is 0.324 e. The van der Waals surface area contributed by atoms with Crippen molar-refractivity contribution < 1.29 is 18.3 Å². The number of carbonyl (C=O) groups is 1. The van der Waals surface area contributed by atoms with E-state index in [-0.39, 0.29) is 13.0 Å². The number of carboxylic acid groups (broad SMARTS) is 1. The number of rotatable bonds is 5. The quantitative estimate of drug-likeness (QED) is 0.853. The molecule has 1 heterocycles. The van der Waals surface area contributed by atoms with Crippen LogP contribution in [0.25, 0.3) is 0 Å². The lowest BCUT2D eigenvalue weighted by molar-refractivity contribution is -0.143. The van der Waals surface area contributed by atoms with Gasteiger partial charge in [0, 0.05) is 13.1 Å². The van der Waals surface area contributed by atoms with Gasteiger partial charge in [-0.1, -0.05) is 31.2 Å². The molecule has 1 atom stereocenters. The third kappa shape index (κ3) is 3.25. The van der Waals surface area contributed by atoms with Gasteiger partial charge in [0.05, 0.1) is 0 Å². The minimum absolute atomic E-state index is 0.173. The van der Waals surface area contributed by atoms with Crippen molar-refractivity contribution in [2.24, 2.45) is 0 Å². The molecule has 6 nitrogen and oxygen atoms in total. The zero-order valence-electron chi connectivity index (χ0n) is 12.2. The van der Waals surface area contributed by atoms with Gasteiger partial charge >= 0.3 is 5.97 Å². The van der Waals surface area contributed by atoms with Gasteiger partial charge in [-0.2, -0.15) is 17.4 Å².